The molecular formula is C21H20FN3O2. The van der Waals surface area contributed by atoms with Gasteiger partial charge in [-0.1, -0.05) is 25.0 Å². The summed E-state index contributed by atoms with van der Waals surface area (Å²) >= 11 is 0. The van der Waals surface area contributed by atoms with E-state index in [9.17, 15) is 14.0 Å². The molecule has 27 heavy (non-hydrogen) atoms. The molecule has 0 radical (unpaired) electrons. The Morgan fingerprint density at radius 3 is 2.26 bits per heavy atom. The minimum atomic E-state index is -0.437. The van der Waals surface area contributed by atoms with Crippen LogP contribution in [0.3, 0.4) is 0 Å². The highest BCUT2D eigenvalue weighted by molar-refractivity contribution is 6.07. The highest BCUT2D eigenvalue weighted by Gasteiger charge is 2.19. The van der Waals surface area contributed by atoms with Crippen molar-refractivity contribution in [1.29, 1.82) is 0 Å². The molecule has 2 aromatic heterocycles. The molecule has 3 aromatic rings. The normalized spacial score (nSPS) is 14.9. The van der Waals surface area contributed by atoms with Crippen molar-refractivity contribution in [2.45, 2.75) is 25.7 Å². The van der Waals surface area contributed by atoms with Gasteiger partial charge in [0.1, 0.15) is 5.82 Å². The van der Waals surface area contributed by atoms with Crippen molar-refractivity contribution in [2.75, 3.05) is 13.1 Å². The molecule has 138 valence electrons. The Morgan fingerprint density at radius 2 is 1.56 bits per heavy atom. The molecule has 0 bridgehead atoms. The number of fused-ring (bicyclic) bond motifs is 1. The average Bonchev–Trinajstić information content (AvgIpc) is 2.91. The molecule has 0 unspecified atom stereocenters. The van der Waals surface area contributed by atoms with Crippen molar-refractivity contribution < 1.29 is 14.0 Å². The maximum atomic E-state index is 13.5. The van der Waals surface area contributed by atoms with Crippen LogP contribution in [0.5, 0.6) is 0 Å². The molecule has 0 spiro atoms. The number of hydrogen-bond acceptors (Lipinski definition) is 3. The molecule has 1 amide bonds. The van der Waals surface area contributed by atoms with Crippen LogP contribution in [-0.4, -0.2) is 39.1 Å². The predicted molar refractivity (Wildman–Crippen MR) is 99.4 cm³/mol. The van der Waals surface area contributed by atoms with Gasteiger partial charge in [0.2, 0.25) is 5.78 Å². The van der Waals surface area contributed by atoms with Crippen LogP contribution >= 0.6 is 0 Å². The van der Waals surface area contributed by atoms with Crippen molar-refractivity contribution in [3.8, 4) is 0 Å². The van der Waals surface area contributed by atoms with Crippen LogP contribution in [0.4, 0.5) is 4.39 Å². The van der Waals surface area contributed by atoms with Crippen molar-refractivity contribution >= 4 is 17.2 Å². The van der Waals surface area contributed by atoms with E-state index < -0.39 is 5.82 Å². The van der Waals surface area contributed by atoms with Gasteiger partial charge in [0, 0.05) is 30.4 Å². The molecule has 6 heteroatoms. The summed E-state index contributed by atoms with van der Waals surface area (Å²) in [5.74, 6) is -0.595. The molecule has 3 heterocycles. The zero-order valence-corrected chi connectivity index (χ0v) is 14.9. The van der Waals surface area contributed by atoms with Crippen molar-refractivity contribution in [2.24, 2.45) is 0 Å². The van der Waals surface area contributed by atoms with Gasteiger partial charge < -0.3 is 4.90 Å². The number of aromatic nitrogens is 2. The number of nitrogens with zero attached hydrogens (tertiary/aromatic N) is 3. The molecule has 1 saturated heterocycles. The summed E-state index contributed by atoms with van der Waals surface area (Å²) in [5, 5.41) is 0. The van der Waals surface area contributed by atoms with Gasteiger partial charge in [0.15, 0.2) is 5.82 Å². The van der Waals surface area contributed by atoms with E-state index in [-0.39, 0.29) is 17.5 Å². The molecule has 5 nitrogen and oxygen atoms in total. The van der Waals surface area contributed by atoms with E-state index in [0.29, 0.717) is 16.6 Å². The Balaban J connectivity index is 1.57. The third kappa shape index (κ3) is 3.47. The van der Waals surface area contributed by atoms with Gasteiger partial charge in [-0.2, -0.15) is 0 Å². The Labute approximate surface area is 156 Å². The number of pyridine rings is 1. The van der Waals surface area contributed by atoms with Gasteiger partial charge >= 0.3 is 0 Å². The third-order valence-corrected chi connectivity index (χ3v) is 4.98. The fourth-order valence-electron chi connectivity index (χ4n) is 3.48. The van der Waals surface area contributed by atoms with E-state index >= 15 is 0 Å². The first-order valence-electron chi connectivity index (χ1n) is 9.20. The fourth-order valence-corrected chi connectivity index (χ4v) is 3.48. The highest BCUT2D eigenvalue weighted by atomic mass is 19.1. The summed E-state index contributed by atoms with van der Waals surface area (Å²) in [6, 6.07) is 9.52. The van der Waals surface area contributed by atoms with Crippen LogP contribution in [0, 0.1) is 5.82 Å². The zero-order valence-electron chi connectivity index (χ0n) is 14.9. The molecule has 1 fully saturated rings. The lowest BCUT2D eigenvalue weighted by molar-refractivity contribution is 0.0761. The van der Waals surface area contributed by atoms with Gasteiger partial charge in [-0.15, -0.1) is 0 Å². The summed E-state index contributed by atoms with van der Waals surface area (Å²) < 4.78 is 14.9. The minimum absolute atomic E-state index is 0.00392. The number of carbonyl (C=O) groups excluding carboxylic acids is 2. The maximum Gasteiger partial charge on any atom is 0.253 e. The smallest absolute Gasteiger partial charge is 0.253 e. The lowest BCUT2D eigenvalue weighted by atomic mass is 10.1. The van der Waals surface area contributed by atoms with Gasteiger partial charge in [-0.25, -0.2) is 9.37 Å². The molecule has 0 aliphatic carbocycles. The second-order valence-corrected chi connectivity index (χ2v) is 6.84. The summed E-state index contributed by atoms with van der Waals surface area (Å²) in [4.78, 5) is 31.4. The molecule has 0 atom stereocenters. The first-order valence-corrected chi connectivity index (χ1v) is 9.20. The molecule has 1 aliphatic heterocycles. The first kappa shape index (κ1) is 17.4. The van der Waals surface area contributed by atoms with Gasteiger partial charge in [-0.05, 0) is 37.1 Å². The molecule has 1 aromatic carbocycles. The number of likely N-dealkylation sites (tertiary alicyclic amines) is 1. The van der Waals surface area contributed by atoms with Gasteiger partial charge in [0.05, 0.1) is 11.7 Å². The summed E-state index contributed by atoms with van der Waals surface area (Å²) in [6.45, 7) is 1.57. The van der Waals surface area contributed by atoms with Crippen molar-refractivity contribution in [3.63, 3.8) is 0 Å². The third-order valence-electron chi connectivity index (χ3n) is 4.98. The Kier molecular flexibility index (Phi) is 4.71. The topological polar surface area (TPSA) is 54.7 Å². The van der Waals surface area contributed by atoms with E-state index in [1.807, 2.05) is 4.90 Å². The standard InChI is InChI=1S/C21H20FN3O2/c22-17-9-10-18-13-23-20(25(18)14-17)19(26)15-5-7-16(8-6-15)21(27)24-11-3-1-2-4-12-24/h5-10,13-14H,1-4,11-12H2. The van der Waals surface area contributed by atoms with Gasteiger partial charge in [-0.3, -0.25) is 14.0 Å². The molecular weight excluding hydrogens is 345 g/mol. The number of benzene rings is 1. The number of imidazole rings is 1. The number of halogens is 1. The van der Waals surface area contributed by atoms with E-state index in [0.717, 1.165) is 38.8 Å². The highest BCUT2D eigenvalue weighted by Crippen LogP contribution is 2.16. The van der Waals surface area contributed by atoms with Crippen LogP contribution in [-0.2, 0) is 0 Å². The molecule has 4 rings (SSSR count). The zero-order chi connectivity index (χ0) is 18.8. The summed E-state index contributed by atoms with van der Waals surface area (Å²) in [6.07, 6.45) is 7.17. The second-order valence-electron chi connectivity index (χ2n) is 6.84. The Hall–Kier alpha value is -3.02. The van der Waals surface area contributed by atoms with Crippen LogP contribution in [0.2, 0.25) is 0 Å². The van der Waals surface area contributed by atoms with Crippen LogP contribution < -0.4 is 0 Å². The number of hydrogen-bond donors (Lipinski definition) is 0. The number of carbonyl (C=O) groups is 2. The lowest BCUT2D eigenvalue weighted by Crippen LogP contribution is -2.31. The van der Waals surface area contributed by atoms with Crippen LogP contribution in [0.25, 0.3) is 5.52 Å². The Morgan fingerprint density at radius 1 is 0.889 bits per heavy atom. The summed E-state index contributed by atoms with van der Waals surface area (Å²) in [7, 11) is 0. The first-order chi connectivity index (χ1) is 13.1. The maximum absolute atomic E-state index is 13.5. The number of ketones is 1. The SMILES string of the molecule is O=C(c1ccc(C(=O)N2CCCCCC2)cc1)c1ncc2ccc(F)cn12. The number of amides is 1. The quantitative estimate of drug-likeness (QED) is 0.665. The summed E-state index contributed by atoms with van der Waals surface area (Å²) in [5.41, 5.74) is 1.64. The average molecular weight is 365 g/mol. The largest absolute Gasteiger partial charge is 0.339 e. The molecule has 1 aliphatic rings. The van der Waals surface area contributed by atoms with Gasteiger partial charge in [0.25, 0.3) is 5.91 Å². The molecule has 0 saturated carbocycles. The van der Waals surface area contributed by atoms with E-state index in [4.69, 9.17) is 0 Å². The van der Waals surface area contributed by atoms with E-state index in [1.54, 1.807) is 30.3 Å². The van der Waals surface area contributed by atoms with Crippen molar-refractivity contribution in [3.05, 3.63) is 71.6 Å². The monoisotopic (exact) mass is 365 g/mol. The van der Waals surface area contributed by atoms with E-state index in [1.165, 1.54) is 22.9 Å². The second kappa shape index (κ2) is 7.31. The fraction of sp³-hybridized carbons (Fsp3) is 0.286. The predicted octanol–water partition coefficient (Wildman–Crippen LogP) is 3.72. The van der Waals surface area contributed by atoms with Crippen molar-refractivity contribution in [1.82, 2.24) is 14.3 Å². The van der Waals surface area contributed by atoms with E-state index in [2.05, 4.69) is 4.98 Å². The lowest BCUT2D eigenvalue weighted by Gasteiger charge is -2.20. The van der Waals surface area contributed by atoms with Crippen LogP contribution in [0.15, 0.2) is 48.8 Å². The van der Waals surface area contributed by atoms with Crippen LogP contribution in [0.1, 0.15) is 52.2 Å². The molecule has 0 N–H and O–H groups in total. The number of rotatable bonds is 3. The minimum Gasteiger partial charge on any atom is -0.339 e. The Bertz CT molecular complexity index is 986.